The molecule has 0 aliphatic heterocycles. The Labute approximate surface area is 334 Å². The van der Waals surface area contributed by atoms with E-state index in [9.17, 15) is 19.0 Å². The topological polar surface area (TPSA) is 134 Å². The average Bonchev–Trinajstić information content (AvgIpc) is 3.17. The van der Waals surface area contributed by atoms with Gasteiger partial charge in [-0.1, -0.05) is 144 Å². The standard InChI is InChI=1S/C45H76NO8P/c1-3-5-7-9-11-13-15-17-19-21-23-25-27-29-31-33-35-37-44(47)51-41-43(42-53-55(49,50)52-40-39-46)54-45(48)38-36-34-32-30-28-26-24-22-20-18-16-14-12-10-8-6-4-2/h11,13,17-20,23-26,29-32,43H,3-10,12,14-16,21-22,27-28,33-42,46H2,1-2H3,(H,49,50)/b13-11+,19-17+,20-18+,25-23+,26-24+,31-29+,32-30+/t43-/m1/s1. The molecule has 0 aliphatic rings. The Balaban J connectivity index is 4.38. The first-order chi connectivity index (χ1) is 26.8. The maximum absolute atomic E-state index is 12.5. The van der Waals surface area contributed by atoms with Crippen molar-refractivity contribution in [3.05, 3.63) is 85.1 Å². The van der Waals surface area contributed by atoms with Gasteiger partial charge in [0.05, 0.1) is 13.2 Å². The Bertz CT molecular complexity index is 1170. The number of carbonyl (C=O) groups excluding carboxylic acids is 2. The summed E-state index contributed by atoms with van der Waals surface area (Å²) in [5.74, 6) is -0.964. The normalized spacial score (nSPS) is 14.2. The smallest absolute Gasteiger partial charge is 0.462 e. The Morgan fingerprint density at radius 1 is 0.545 bits per heavy atom. The first-order valence-electron chi connectivity index (χ1n) is 21.1. The van der Waals surface area contributed by atoms with E-state index >= 15 is 0 Å². The lowest BCUT2D eigenvalue weighted by molar-refractivity contribution is -0.161. The van der Waals surface area contributed by atoms with Crippen LogP contribution in [0.15, 0.2) is 85.1 Å². The van der Waals surface area contributed by atoms with Crippen molar-refractivity contribution in [2.75, 3.05) is 26.4 Å². The molecule has 3 N–H and O–H groups in total. The number of allylic oxidation sites excluding steroid dienone is 14. The number of phosphoric ester groups is 1. The van der Waals surface area contributed by atoms with Crippen molar-refractivity contribution in [3.63, 3.8) is 0 Å². The quantitative estimate of drug-likeness (QED) is 0.0271. The van der Waals surface area contributed by atoms with E-state index < -0.39 is 32.5 Å². The zero-order chi connectivity index (χ0) is 40.3. The van der Waals surface area contributed by atoms with Gasteiger partial charge in [-0.15, -0.1) is 0 Å². The van der Waals surface area contributed by atoms with Crippen LogP contribution in [0.25, 0.3) is 0 Å². The van der Waals surface area contributed by atoms with Gasteiger partial charge in [0.25, 0.3) is 0 Å². The molecule has 0 aliphatic carbocycles. The second-order valence-corrected chi connectivity index (χ2v) is 14.9. The summed E-state index contributed by atoms with van der Waals surface area (Å²) in [5.41, 5.74) is 5.33. The summed E-state index contributed by atoms with van der Waals surface area (Å²) in [6, 6.07) is 0. The fraction of sp³-hybridized carbons (Fsp3) is 0.644. The molecule has 0 aromatic heterocycles. The Morgan fingerprint density at radius 2 is 0.945 bits per heavy atom. The second-order valence-electron chi connectivity index (χ2n) is 13.5. The average molecular weight is 790 g/mol. The predicted octanol–water partition coefficient (Wildman–Crippen LogP) is 12.0. The molecule has 0 heterocycles. The fourth-order valence-electron chi connectivity index (χ4n) is 5.11. The van der Waals surface area contributed by atoms with Crippen LogP contribution >= 0.6 is 7.82 Å². The van der Waals surface area contributed by atoms with Crippen molar-refractivity contribution in [2.24, 2.45) is 5.73 Å². The van der Waals surface area contributed by atoms with Crippen LogP contribution in [0.4, 0.5) is 0 Å². The lowest BCUT2D eigenvalue weighted by atomic mass is 10.1. The molecule has 0 rings (SSSR count). The van der Waals surface area contributed by atoms with Crippen molar-refractivity contribution >= 4 is 19.8 Å². The number of rotatable bonds is 38. The van der Waals surface area contributed by atoms with Crippen molar-refractivity contribution in [1.29, 1.82) is 0 Å². The third kappa shape index (κ3) is 40.7. The molecule has 0 saturated carbocycles. The molecule has 0 fully saturated rings. The lowest BCUT2D eigenvalue weighted by Gasteiger charge is -2.19. The lowest BCUT2D eigenvalue weighted by Crippen LogP contribution is -2.29. The van der Waals surface area contributed by atoms with Gasteiger partial charge in [0, 0.05) is 19.4 Å². The van der Waals surface area contributed by atoms with E-state index in [2.05, 4.69) is 86.8 Å². The number of unbranched alkanes of at least 4 members (excludes halogenated alkanes) is 11. The monoisotopic (exact) mass is 790 g/mol. The summed E-state index contributed by atoms with van der Waals surface area (Å²) >= 11 is 0. The molecule has 0 radical (unpaired) electrons. The highest BCUT2D eigenvalue weighted by atomic mass is 31.2. The Hall–Kier alpha value is -2.81. The molecule has 9 nitrogen and oxygen atoms in total. The number of ether oxygens (including phenoxy) is 2. The molecule has 55 heavy (non-hydrogen) atoms. The SMILES string of the molecule is CCCCC/C=C/C/C=C/C/C=C/C/C=C/CCCC(=O)OC[C@H](COP(=O)(O)OCCN)OC(=O)CCC/C=C/C/C=C/C/C=C/CCCCCCCC. The third-order valence-electron chi connectivity index (χ3n) is 8.25. The number of carbonyl (C=O) groups is 2. The van der Waals surface area contributed by atoms with E-state index in [4.69, 9.17) is 24.3 Å². The number of hydrogen-bond donors (Lipinski definition) is 2. The van der Waals surface area contributed by atoms with Crippen LogP contribution in [-0.2, 0) is 32.7 Å². The number of esters is 2. The largest absolute Gasteiger partial charge is 0.472 e. The third-order valence-corrected chi connectivity index (χ3v) is 9.24. The zero-order valence-electron chi connectivity index (χ0n) is 34.4. The summed E-state index contributed by atoms with van der Waals surface area (Å²) < 4.78 is 32.6. The minimum absolute atomic E-state index is 0.0342. The van der Waals surface area contributed by atoms with E-state index in [1.807, 2.05) is 12.2 Å². The molecule has 0 spiro atoms. The van der Waals surface area contributed by atoms with Crippen LogP contribution in [0.3, 0.4) is 0 Å². The minimum atomic E-state index is -4.41. The zero-order valence-corrected chi connectivity index (χ0v) is 35.3. The second kappa shape index (κ2) is 40.8. The molecule has 314 valence electrons. The minimum Gasteiger partial charge on any atom is -0.462 e. The Morgan fingerprint density at radius 3 is 1.44 bits per heavy atom. The van der Waals surface area contributed by atoms with E-state index in [-0.39, 0.29) is 32.6 Å². The van der Waals surface area contributed by atoms with Crippen LogP contribution in [0.5, 0.6) is 0 Å². The highest BCUT2D eigenvalue weighted by molar-refractivity contribution is 7.47. The molecular formula is C45H76NO8P. The highest BCUT2D eigenvalue weighted by Crippen LogP contribution is 2.43. The Kier molecular flexibility index (Phi) is 38.8. The van der Waals surface area contributed by atoms with Crippen LogP contribution in [0.2, 0.25) is 0 Å². The molecule has 0 bridgehead atoms. The van der Waals surface area contributed by atoms with E-state index in [0.29, 0.717) is 19.3 Å². The highest BCUT2D eigenvalue weighted by Gasteiger charge is 2.25. The first kappa shape index (κ1) is 52.2. The molecule has 0 saturated heterocycles. The molecule has 0 aromatic rings. The van der Waals surface area contributed by atoms with Gasteiger partial charge in [0.1, 0.15) is 6.61 Å². The van der Waals surface area contributed by atoms with E-state index in [0.717, 1.165) is 44.9 Å². The summed E-state index contributed by atoms with van der Waals surface area (Å²) in [6.07, 6.45) is 50.6. The van der Waals surface area contributed by atoms with E-state index in [1.54, 1.807) is 0 Å². The van der Waals surface area contributed by atoms with Crippen LogP contribution < -0.4 is 5.73 Å². The summed E-state index contributed by atoms with van der Waals surface area (Å²) in [5, 5.41) is 0. The first-order valence-corrected chi connectivity index (χ1v) is 22.6. The molecule has 0 amide bonds. The number of hydrogen-bond acceptors (Lipinski definition) is 8. The van der Waals surface area contributed by atoms with Crippen molar-refractivity contribution < 1.29 is 37.6 Å². The molecule has 1 unspecified atom stereocenters. The maximum atomic E-state index is 12.5. The summed E-state index contributed by atoms with van der Waals surface area (Å²) in [4.78, 5) is 34.8. The maximum Gasteiger partial charge on any atom is 0.472 e. The van der Waals surface area contributed by atoms with Crippen LogP contribution in [0.1, 0.15) is 155 Å². The van der Waals surface area contributed by atoms with Crippen molar-refractivity contribution in [1.82, 2.24) is 0 Å². The van der Waals surface area contributed by atoms with Gasteiger partial charge in [0.2, 0.25) is 0 Å². The van der Waals surface area contributed by atoms with Gasteiger partial charge in [-0.3, -0.25) is 18.6 Å². The predicted molar refractivity (Wildman–Crippen MR) is 229 cm³/mol. The van der Waals surface area contributed by atoms with Gasteiger partial charge >= 0.3 is 19.8 Å². The van der Waals surface area contributed by atoms with Crippen molar-refractivity contribution in [2.45, 2.75) is 161 Å². The molecule has 10 heteroatoms. The summed E-state index contributed by atoms with van der Waals surface area (Å²) in [6.45, 7) is 3.55. The van der Waals surface area contributed by atoms with Gasteiger partial charge < -0.3 is 20.1 Å². The van der Waals surface area contributed by atoms with Crippen molar-refractivity contribution in [3.8, 4) is 0 Å². The van der Waals surface area contributed by atoms with Gasteiger partial charge in [-0.2, -0.15) is 0 Å². The van der Waals surface area contributed by atoms with Crippen LogP contribution in [0, 0.1) is 0 Å². The number of nitrogens with two attached hydrogens (primary N) is 1. The van der Waals surface area contributed by atoms with Gasteiger partial charge in [-0.05, 0) is 83.5 Å². The van der Waals surface area contributed by atoms with Crippen LogP contribution in [-0.4, -0.2) is 49.3 Å². The molecule has 2 atom stereocenters. The fourth-order valence-corrected chi connectivity index (χ4v) is 5.88. The number of phosphoric acid groups is 1. The molecular weight excluding hydrogens is 713 g/mol. The molecule has 0 aromatic carbocycles. The summed E-state index contributed by atoms with van der Waals surface area (Å²) in [7, 11) is -4.41. The van der Waals surface area contributed by atoms with Gasteiger partial charge in [0.15, 0.2) is 6.10 Å². The van der Waals surface area contributed by atoms with Gasteiger partial charge in [-0.25, -0.2) is 4.57 Å². The van der Waals surface area contributed by atoms with E-state index in [1.165, 1.54) is 64.2 Å².